The number of rotatable bonds is 4. The molecule has 1 atom stereocenters. The molecule has 0 aliphatic carbocycles. The fraction of sp³-hybridized carbons (Fsp3) is 0.353. The zero-order valence-corrected chi connectivity index (χ0v) is 12.5. The molecule has 1 amide bonds. The predicted molar refractivity (Wildman–Crippen MR) is 82.5 cm³/mol. The van der Waals surface area contributed by atoms with Crippen molar-refractivity contribution < 1.29 is 19.0 Å². The number of fused-ring (bicyclic) bond motifs is 1. The molecule has 2 aromatic rings. The second kappa shape index (κ2) is 6.44. The summed E-state index contributed by atoms with van der Waals surface area (Å²) < 4.78 is 17.0. The van der Waals surface area contributed by atoms with E-state index in [1.807, 2.05) is 24.3 Å². The van der Waals surface area contributed by atoms with Crippen molar-refractivity contribution in [2.24, 2.45) is 5.73 Å². The highest BCUT2D eigenvalue weighted by molar-refractivity contribution is 5.99. The van der Waals surface area contributed by atoms with Crippen molar-refractivity contribution in [1.82, 2.24) is 0 Å². The van der Waals surface area contributed by atoms with Gasteiger partial charge in [-0.3, -0.25) is 4.79 Å². The maximum Gasteiger partial charge on any atom is 0.248 e. The smallest absolute Gasteiger partial charge is 0.248 e. The van der Waals surface area contributed by atoms with Crippen LogP contribution in [0.4, 0.5) is 0 Å². The van der Waals surface area contributed by atoms with Gasteiger partial charge in [0.25, 0.3) is 0 Å². The molecule has 0 spiro atoms. The summed E-state index contributed by atoms with van der Waals surface area (Å²) in [6.45, 7) is 1.27. The summed E-state index contributed by atoms with van der Waals surface area (Å²) in [5.74, 6) is -0.465. The highest BCUT2D eigenvalue weighted by Crippen LogP contribution is 2.32. The molecule has 0 bridgehead atoms. The molecule has 0 aromatic heterocycles. The fourth-order valence-electron chi connectivity index (χ4n) is 2.78. The maximum absolute atomic E-state index is 11.6. The molecule has 3 rings (SSSR count). The van der Waals surface area contributed by atoms with Crippen LogP contribution in [0.15, 0.2) is 36.4 Å². The average Bonchev–Trinajstić information content (AvgIpc) is 2.56. The van der Waals surface area contributed by atoms with Crippen molar-refractivity contribution in [1.29, 1.82) is 0 Å². The minimum Gasteiger partial charge on any atom is -0.371 e. The first kappa shape index (κ1) is 15.0. The van der Waals surface area contributed by atoms with Gasteiger partial charge < -0.3 is 19.9 Å². The summed E-state index contributed by atoms with van der Waals surface area (Å²) in [6.07, 6.45) is -0.0237. The normalized spacial score (nSPS) is 17.5. The average molecular weight is 301 g/mol. The van der Waals surface area contributed by atoms with Gasteiger partial charge in [-0.05, 0) is 34.9 Å². The summed E-state index contributed by atoms with van der Waals surface area (Å²) in [7, 11) is 1.61. The van der Waals surface area contributed by atoms with E-state index in [-0.39, 0.29) is 0 Å². The topological polar surface area (TPSA) is 70.8 Å². The quantitative estimate of drug-likeness (QED) is 0.941. The van der Waals surface area contributed by atoms with Crippen molar-refractivity contribution >= 4 is 16.7 Å². The molecule has 2 aromatic carbocycles. The third-order valence-corrected chi connectivity index (χ3v) is 3.84. The lowest BCUT2D eigenvalue weighted by atomic mass is 9.96. The van der Waals surface area contributed by atoms with Gasteiger partial charge in [0.15, 0.2) is 6.29 Å². The van der Waals surface area contributed by atoms with Gasteiger partial charge in [0.05, 0.1) is 13.2 Å². The largest absolute Gasteiger partial charge is 0.371 e. The Morgan fingerprint density at radius 1 is 1.27 bits per heavy atom. The van der Waals surface area contributed by atoms with Crippen LogP contribution in [-0.2, 0) is 14.2 Å². The molecule has 22 heavy (non-hydrogen) atoms. The third-order valence-electron chi connectivity index (χ3n) is 3.84. The lowest BCUT2D eigenvalue weighted by molar-refractivity contribution is -0.230. The van der Waals surface area contributed by atoms with E-state index >= 15 is 0 Å². The Morgan fingerprint density at radius 2 is 2.00 bits per heavy atom. The monoisotopic (exact) mass is 301 g/mol. The number of hydrogen-bond acceptors (Lipinski definition) is 4. The highest BCUT2D eigenvalue weighted by atomic mass is 16.7. The van der Waals surface area contributed by atoms with Gasteiger partial charge in [-0.2, -0.15) is 0 Å². The van der Waals surface area contributed by atoms with Crippen molar-refractivity contribution in [3.8, 4) is 0 Å². The molecule has 1 fully saturated rings. The first-order chi connectivity index (χ1) is 10.7. The molecule has 1 unspecified atom stereocenters. The Kier molecular flexibility index (Phi) is 4.38. The number of methoxy groups -OCH3 is 1. The molecule has 1 saturated heterocycles. The second-order valence-corrected chi connectivity index (χ2v) is 5.27. The van der Waals surface area contributed by atoms with Gasteiger partial charge in [-0.15, -0.1) is 0 Å². The lowest BCUT2D eigenvalue weighted by Crippen LogP contribution is -2.32. The standard InChI is InChI=1S/C17H19NO4/c1-20-15(17-21-7-4-8-22-17)14-10-12(16(18)19)9-11-5-2-3-6-13(11)14/h2-3,5-6,9-10,15,17H,4,7-8H2,1H3,(H2,18,19). The highest BCUT2D eigenvalue weighted by Gasteiger charge is 2.29. The predicted octanol–water partition coefficient (Wildman–Crippen LogP) is 2.39. The zero-order chi connectivity index (χ0) is 15.5. The number of amides is 1. The number of carbonyl (C=O) groups excluding carboxylic acids is 1. The molecule has 1 heterocycles. The van der Waals surface area contributed by atoms with Crippen LogP contribution in [0.25, 0.3) is 10.8 Å². The van der Waals surface area contributed by atoms with E-state index in [2.05, 4.69) is 0 Å². The number of carbonyl (C=O) groups is 1. The van der Waals surface area contributed by atoms with Gasteiger partial charge in [0.2, 0.25) is 5.91 Å². The van der Waals surface area contributed by atoms with Gasteiger partial charge in [-0.25, -0.2) is 0 Å². The van der Waals surface area contributed by atoms with Crippen molar-refractivity contribution in [2.45, 2.75) is 18.8 Å². The Morgan fingerprint density at radius 3 is 2.68 bits per heavy atom. The molecule has 2 N–H and O–H groups in total. The molecule has 116 valence electrons. The number of ether oxygens (including phenoxy) is 3. The maximum atomic E-state index is 11.6. The molecule has 1 aliphatic heterocycles. The Hall–Kier alpha value is -1.95. The summed E-state index contributed by atoms with van der Waals surface area (Å²) in [5, 5.41) is 1.93. The van der Waals surface area contributed by atoms with E-state index < -0.39 is 18.3 Å². The minimum absolute atomic E-state index is 0.413. The SMILES string of the molecule is COC(c1cc(C(N)=O)cc2ccccc12)C1OCCCO1. The Bertz CT molecular complexity index is 679. The zero-order valence-electron chi connectivity index (χ0n) is 12.5. The van der Waals surface area contributed by atoms with E-state index in [1.165, 1.54) is 0 Å². The van der Waals surface area contributed by atoms with E-state index in [4.69, 9.17) is 19.9 Å². The van der Waals surface area contributed by atoms with Crippen LogP contribution in [0.5, 0.6) is 0 Å². The third kappa shape index (κ3) is 2.83. The second-order valence-electron chi connectivity index (χ2n) is 5.27. The van der Waals surface area contributed by atoms with Crippen molar-refractivity contribution in [3.05, 3.63) is 47.5 Å². The van der Waals surface area contributed by atoms with Crippen LogP contribution >= 0.6 is 0 Å². The van der Waals surface area contributed by atoms with Crippen LogP contribution in [-0.4, -0.2) is 32.5 Å². The van der Waals surface area contributed by atoms with E-state index in [0.29, 0.717) is 18.8 Å². The molecule has 0 radical (unpaired) electrons. The summed E-state index contributed by atoms with van der Waals surface area (Å²) in [6, 6.07) is 11.4. The Balaban J connectivity index is 2.11. The van der Waals surface area contributed by atoms with Gasteiger partial charge >= 0.3 is 0 Å². The van der Waals surface area contributed by atoms with E-state index in [9.17, 15) is 4.79 Å². The molecule has 5 nitrogen and oxygen atoms in total. The lowest BCUT2D eigenvalue weighted by Gasteiger charge is -2.30. The summed E-state index contributed by atoms with van der Waals surface area (Å²) >= 11 is 0. The van der Waals surface area contributed by atoms with Crippen molar-refractivity contribution in [2.75, 3.05) is 20.3 Å². The number of hydrogen-bond donors (Lipinski definition) is 1. The van der Waals surface area contributed by atoms with Crippen LogP contribution in [0.1, 0.15) is 28.4 Å². The van der Waals surface area contributed by atoms with Crippen LogP contribution in [0.3, 0.4) is 0 Å². The number of primary amides is 1. The van der Waals surface area contributed by atoms with Crippen LogP contribution in [0.2, 0.25) is 0 Å². The first-order valence-electron chi connectivity index (χ1n) is 7.29. The van der Waals surface area contributed by atoms with Crippen LogP contribution in [0, 0.1) is 0 Å². The molecule has 1 aliphatic rings. The molecular formula is C17H19NO4. The Labute approximate surface area is 129 Å². The molecule has 0 saturated carbocycles. The summed E-state index contributed by atoms with van der Waals surface area (Å²) in [4.78, 5) is 11.6. The number of nitrogens with two attached hydrogens (primary N) is 1. The summed E-state index contributed by atoms with van der Waals surface area (Å²) in [5.41, 5.74) is 6.75. The van der Waals surface area contributed by atoms with E-state index in [1.54, 1.807) is 19.2 Å². The molecular weight excluding hydrogens is 282 g/mol. The van der Waals surface area contributed by atoms with Crippen LogP contribution < -0.4 is 5.73 Å². The van der Waals surface area contributed by atoms with Gasteiger partial charge in [0.1, 0.15) is 6.10 Å². The fourth-order valence-corrected chi connectivity index (χ4v) is 2.78. The van der Waals surface area contributed by atoms with E-state index in [0.717, 1.165) is 22.8 Å². The first-order valence-corrected chi connectivity index (χ1v) is 7.29. The molecule has 5 heteroatoms. The van der Waals surface area contributed by atoms with Gasteiger partial charge in [-0.1, -0.05) is 24.3 Å². The van der Waals surface area contributed by atoms with Gasteiger partial charge in [0, 0.05) is 12.7 Å². The number of benzene rings is 2. The minimum atomic E-state index is -0.481. The van der Waals surface area contributed by atoms with Crippen molar-refractivity contribution in [3.63, 3.8) is 0 Å².